The molecule has 0 bridgehead atoms. The Hall–Kier alpha value is -2.77. The molecule has 4 amide bonds. The first-order valence-corrected chi connectivity index (χ1v) is 9.33. The van der Waals surface area contributed by atoms with Crippen molar-refractivity contribution in [3.05, 3.63) is 24.3 Å². The van der Waals surface area contributed by atoms with E-state index in [9.17, 15) is 14.4 Å². The summed E-state index contributed by atoms with van der Waals surface area (Å²) in [5.41, 5.74) is 0.717. The molecule has 1 aliphatic heterocycles. The highest BCUT2D eigenvalue weighted by atomic mass is 16.5. The van der Waals surface area contributed by atoms with E-state index in [4.69, 9.17) is 4.74 Å². The van der Waals surface area contributed by atoms with Gasteiger partial charge in [0.15, 0.2) is 6.10 Å². The van der Waals surface area contributed by atoms with Gasteiger partial charge in [0.1, 0.15) is 5.75 Å². The van der Waals surface area contributed by atoms with Crippen molar-refractivity contribution in [1.29, 1.82) is 0 Å². The smallest absolute Gasteiger partial charge is 0.321 e. The molecule has 148 valence electrons. The van der Waals surface area contributed by atoms with Gasteiger partial charge in [-0.1, -0.05) is 26.0 Å². The van der Waals surface area contributed by atoms with Gasteiger partial charge in [-0.25, -0.2) is 4.79 Å². The average Bonchev–Trinajstić information content (AvgIpc) is 2.65. The molecule has 1 heterocycles. The summed E-state index contributed by atoms with van der Waals surface area (Å²) in [6, 6.07) is 6.68. The van der Waals surface area contributed by atoms with Crippen molar-refractivity contribution < 1.29 is 19.1 Å². The molecular formula is C19H28N4O4. The first-order chi connectivity index (χ1) is 12.9. The molecule has 1 aromatic carbocycles. The monoisotopic (exact) mass is 376 g/mol. The summed E-state index contributed by atoms with van der Waals surface area (Å²) in [5.74, 6) is -0.122. The number of imide groups is 1. The Bertz CT molecular complexity index is 679. The Morgan fingerprint density at radius 3 is 2.70 bits per heavy atom. The first kappa shape index (κ1) is 20.5. The molecule has 0 saturated carbocycles. The predicted molar refractivity (Wildman–Crippen MR) is 103 cm³/mol. The third-order valence-corrected chi connectivity index (χ3v) is 4.28. The molecule has 0 spiro atoms. The second kappa shape index (κ2) is 9.80. The van der Waals surface area contributed by atoms with E-state index in [-0.39, 0.29) is 25.0 Å². The molecule has 0 fully saturated rings. The molecule has 8 nitrogen and oxygen atoms in total. The van der Waals surface area contributed by atoms with Crippen molar-refractivity contribution in [2.24, 2.45) is 0 Å². The van der Waals surface area contributed by atoms with E-state index in [1.54, 1.807) is 11.0 Å². The fourth-order valence-corrected chi connectivity index (χ4v) is 2.66. The van der Waals surface area contributed by atoms with Crippen molar-refractivity contribution in [3.8, 4) is 5.75 Å². The van der Waals surface area contributed by atoms with E-state index in [0.29, 0.717) is 12.3 Å². The maximum atomic E-state index is 12.3. The van der Waals surface area contributed by atoms with Gasteiger partial charge in [0, 0.05) is 12.6 Å². The Balaban J connectivity index is 2.04. The van der Waals surface area contributed by atoms with E-state index < -0.39 is 18.0 Å². The van der Waals surface area contributed by atoms with Gasteiger partial charge in [0.05, 0.1) is 18.8 Å². The van der Waals surface area contributed by atoms with E-state index in [1.807, 2.05) is 39.0 Å². The zero-order valence-corrected chi connectivity index (χ0v) is 16.1. The van der Waals surface area contributed by atoms with Crippen LogP contribution >= 0.6 is 0 Å². The summed E-state index contributed by atoms with van der Waals surface area (Å²) in [6.07, 6.45) is 0.882. The van der Waals surface area contributed by atoms with E-state index in [1.165, 1.54) is 0 Å². The SMILES string of the molecule is CCCNC(=O)[C@@H]1CN(CC(=O)NC(=O)N[C@@H](C)CC)c2ccccc2O1. The molecule has 27 heavy (non-hydrogen) atoms. The number of amides is 4. The molecule has 3 N–H and O–H groups in total. The van der Waals surface area contributed by atoms with Crippen LogP contribution in [0.4, 0.5) is 10.5 Å². The average molecular weight is 376 g/mol. The number of ether oxygens (including phenoxy) is 1. The van der Waals surface area contributed by atoms with Gasteiger partial charge in [0.25, 0.3) is 5.91 Å². The highest BCUT2D eigenvalue weighted by Gasteiger charge is 2.31. The summed E-state index contributed by atoms with van der Waals surface area (Å²) < 4.78 is 5.79. The van der Waals surface area contributed by atoms with Gasteiger partial charge in [-0.2, -0.15) is 0 Å². The van der Waals surface area contributed by atoms with Crippen molar-refractivity contribution in [3.63, 3.8) is 0 Å². The van der Waals surface area contributed by atoms with Crippen LogP contribution in [-0.4, -0.2) is 49.6 Å². The lowest BCUT2D eigenvalue weighted by Crippen LogP contribution is -2.52. The molecule has 2 atom stereocenters. The Morgan fingerprint density at radius 1 is 1.26 bits per heavy atom. The van der Waals surface area contributed by atoms with Gasteiger partial charge in [-0.3, -0.25) is 14.9 Å². The minimum absolute atomic E-state index is 0.0199. The van der Waals surface area contributed by atoms with Crippen LogP contribution in [0.3, 0.4) is 0 Å². The number of para-hydroxylation sites is 2. The van der Waals surface area contributed by atoms with Crippen molar-refractivity contribution in [2.75, 3.05) is 24.5 Å². The summed E-state index contributed by atoms with van der Waals surface area (Å²) in [7, 11) is 0. The molecule has 0 saturated heterocycles. The molecule has 2 rings (SSSR count). The van der Waals surface area contributed by atoms with Crippen LogP contribution in [0.1, 0.15) is 33.6 Å². The first-order valence-electron chi connectivity index (χ1n) is 9.33. The summed E-state index contributed by atoms with van der Waals surface area (Å²) in [6.45, 7) is 6.52. The maximum absolute atomic E-state index is 12.3. The molecule has 0 aromatic heterocycles. The van der Waals surface area contributed by atoms with Crippen LogP contribution in [-0.2, 0) is 9.59 Å². The van der Waals surface area contributed by atoms with E-state index in [0.717, 1.165) is 18.5 Å². The standard InChI is InChI=1S/C19H28N4O4/c1-4-10-20-18(25)16-11-23(14-8-6-7-9-15(14)27-16)12-17(24)22-19(26)21-13(3)5-2/h6-9,13,16H,4-5,10-12H2,1-3H3,(H,20,25)(H2,21,22,24,26)/t13-,16-/m0/s1. The number of nitrogens with zero attached hydrogens (tertiary/aromatic N) is 1. The number of carbonyl (C=O) groups excluding carboxylic acids is 3. The summed E-state index contributed by atoms with van der Waals surface area (Å²) in [4.78, 5) is 38.2. The number of hydrogen-bond donors (Lipinski definition) is 3. The lowest BCUT2D eigenvalue weighted by atomic mass is 10.1. The number of rotatable bonds is 7. The molecule has 0 unspecified atom stereocenters. The van der Waals surface area contributed by atoms with Gasteiger partial charge in [-0.15, -0.1) is 0 Å². The Morgan fingerprint density at radius 2 is 2.00 bits per heavy atom. The van der Waals surface area contributed by atoms with Crippen LogP contribution in [0.15, 0.2) is 24.3 Å². The third-order valence-electron chi connectivity index (χ3n) is 4.28. The number of benzene rings is 1. The van der Waals surface area contributed by atoms with Crippen LogP contribution < -0.4 is 25.6 Å². The highest BCUT2D eigenvalue weighted by Crippen LogP contribution is 2.32. The number of hydrogen-bond acceptors (Lipinski definition) is 5. The Kier molecular flexibility index (Phi) is 7.45. The highest BCUT2D eigenvalue weighted by molar-refractivity contribution is 5.97. The molecule has 0 radical (unpaired) electrons. The zero-order chi connectivity index (χ0) is 19.8. The van der Waals surface area contributed by atoms with Gasteiger partial charge in [0.2, 0.25) is 5.91 Å². The van der Waals surface area contributed by atoms with Crippen molar-refractivity contribution >= 4 is 23.5 Å². The Labute approximate surface area is 159 Å². The van der Waals surface area contributed by atoms with Crippen LogP contribution in [0.2, 0.25) is 0 Å². The third kappa shape index (κ3) is 5.87. The lowest BCUT2D eigenvalue weighted by molar-refractivity contribution is -0.128. The molecule has 1 aliphatic rings. The van der Waals surface area contributed by atoms with Gasteiger partial charge < -0.3 is 20.3 Å². The van der Waals surface area contributed by atoms with Crippen LogP contribution in [0.5, 0.6) is 5.75 Å². The number of carbonyl (C=O) groups is 3. The normalized spacial score (nSPS) is 16.6. The molecular weight excluding hydrogens is 348 g/mol. The van der Waals surface area contributed by atoms with Crippen molar-refractivity contribution in [2.45, 2.75) is 45.8 Å². The molecule has 0 aliphatic carbocycles. The van der Waals surface area contributed by atoms with Gasteiger partial charge >= 0.3 is 6.03 Å². The van der Waals surface area contributed by atoms with Crippen molar-refractivity contribution in [1.82, 2.24) is 16.0 Å². The maximum Gasteiger partial charge on any atom is 0.321 e. The topological polar surface area (TPSA) is 99.8 Å². The fraction of sp³-hybridized carbons (Fsp3) is 0.526. The molecule has 1 aromatic rings. The summed E-state index contributed by atoms with van der Waals surface area (Å²) in [5, 5.41) is 7.83. The second-order valence-electron chi connectivity index (χ2n) is 6.58. The minimum Gasteiger partial charge on any atom is -0.477 e. The zero-order valence-electron chi connectivity index (χ0n) is 16.1. The van der Waals surface area contributed by atoms with Crippen LogP contribution in [0.25, 0.3) is 0 Å². The molecule has 8 heteroatoms. The quantitative estimate of drug-likeness (QED) is 0.668. The number of fused-ring (bicyclic) bond motifs is 1. The predicted octanol–water partition coefficient (Wildman–Crippen LogP) is 1.40. The van der Waals surface area contributed by atoms with E-state index in [2.05, 4.69) is 16.0 Å². The van der Waals surface area contributed by atoms with Crippen LogP contribution in [0, 0.1) is 0 Å². The second-order valence-corrected chi connectivity index (χ2v) is 6.58. The number of anilines is 1. The summed E-state index contributed by atoms with van der Waals surface area (Å²) >= 11 is 0. The lowest BCUT2D eigenvalue weighted by Gasteiger charge is -2.35. The fourth-order valence-electron chi connectivity index (χ4n) is 2.66. The number of urea groups is 1. The minimum atomic E-state index is -0.715. The van der Waals surface area contributed by atoms with Gasteiger partial charge in [-0.05, 0) is 31.9 Å². The van der Waals surface area contributed by atoms with E-state index >= 15 is 0 Å². The number of nitrogens with one attached hydrogen (secondary N) is 3. The largest absolute Gasteiger partial charge is 0.477 e.